The molecule has 1 unspecified atom stereocenters. The highest BCUT2D eigenvalue weighted by molar-refractivity contribution is 9.11. The van der Waals surface area contributed by atoms with Crippen molar-refractivity contribution < 1.29 is 0 Å². The van der Waals surface area contributed by atoms with Crippen molar-refractivity contribution in [2.75, 3.05) is 0 Å². The first-order valence-corrected chi connectivity index (χ1v) is 8.53. The lowest BCUT2D eigenvalue weighted by Crippen LogP contribution is -1.90. The Morgan fingerprint density at radius 1 is 1.18 bits per heavy atom. The van der Waals surface area contributed by atoms with Crippen LogP contribution in [0.15, 0.2) is 32.5 Å². The van der Waals surface area contributed by atoms with Crippen LogP contribution in [0.2, 0.25) is 5.02 Å². The van der Waals surface area contributed by atoms with Crippen LogP contribution in [0.4, 0.5) is 0 Å². The number of benzene rings is 1. The van der Waals surface area contributed by atoms with Crippen molar-refractivity contribution >= 4 is 70.7 Å². The second-order valence-electron chi connectivity index (χ2n) is 3.69. The minimum absolute atomic E-state index is 0.174. The van der Waals surface area contributed by atoms with E-state index in [4.69, 9.17) is 11.6 Å². The van der Waals surface area contributed by atoms with Gasteiger partial charge in [0.1, 0.15) is 0 Å². The van der Waals surface area contributed by atoms with Gasteiger partial charge < -0.3 is 0 Å². The monoisotopic (exact) mass is 456 g/mol. The summed E-state index contributed by atoms with van der Waals surface area (Å²) in [5.74, 6) is 0. The van der Waals surface area contributed by atoms with Gasteiger partial charge in [0.25, 0.3) is 0 Å². The molecule has 0 spiro atoms. The average molecular weight is 459 g/mol. The van der Waals surface area contributed by atoms with Crippen LogP contribution in [0.3, 0.4) is 0 Å². The maximum absolute atomic E-state index is 6.06. The van der Waals surface area contributed by atoms with E-state index in [2.05, 4.69) is 72.9 Å². The minimum atomic E-state index is 0.174. The fourth-order valence-electron chi connectivity index (χ4n) is 1.56. The van der Waals surface area contributed by atoms with Crippen molar-refractivity contribution in [1.82, 2.24) is 0 Å². The predicted octanol–water partition coefficient (Wildman–Crippen LogP) is 6.72. The lowest BCUT2D eigenvalue weighted by atomic mass is 10.1. The van der Waals surface area contributed by atoms with Gasteiger partial charge in [-0.1, -0.05) is 49.5 Å². The topological polar surface area (TPSA) is 0 Å². The summed E-state index contributed by atoms with van der Waals surface area (Å²) in [5.41, 5.74) is 2.46. The van der Waals surface area contributed by atoms with Gasteiger partial charge in [-0.05, 0) is 52.2 Å². The highest BCUT2D eigenvalue weighted by atomic mass is 79.9. The Kier molecular flexibility index (Phi) is 4.75. The molecule has 5 heteroatoms. The molecule has 0 N–H and O–H groups in total. The molecule has 0 bridgehead atoms. The molecule has 1 aromatic heterocycles. The van der Waals surface area contributed by atoms with Crippen LogP contribution in [0.25, 0.3) is 0 Å². The molecule has 1 heterocycles. The highest BCUT2D eigenvalue weighted by Gasteiger charge is 2.15. The molecule has 17 heavy (non-hydrogen) atoms. The largest absolute Gasteiger partial charge is 0.130 e. The summed E-state index contributed by atoms with van der Waals surface area (Å²) in [7, 11) is 0. The molecule has 0 fully saturated rings. The number of rotatable bonds is 2. The lowest BCUT2D eigenvalue weighted by molar-refractivity contribution is 1.20. The fraction of sp³-hybridized carbons (Fsp3) is 0.167. The van der Waals surface area contributed by atoms with Gasteiger partial charge >= 0.3 is 0 Å². The Hall–Kier alpha value is 0.650. The Balaban J connectivity index is 2.39. The molecule has 0 aliphatic rings. The van der Waals surface area contributed by atoms with Gasteiger partial charge in [-0.2, -0.15) is 0 Å². The molecule has 0 saturated carbocycles. The van der Waals surface area contributed by atoms with Gasteiger partial charge in [-0.15, -0.1) is 11.3 Å². The van der Waals surface area contributed by atoms with E-state index in [1.165, 1.54) is 16.0 Å². The number of hydrogen-bond acceptors (Lipinski definition) is 1. The molecule has 0 saturated heterocycles. The van der Waals surface area contributed by atoms with Crippen LogP contribution in [0, 0.1) is 6.92 Å². The van der Waals surface area contributed by atoms with Gasteiger partial charge in [0, 0.05) is 9.35 Å². The first kappa shape index (κ1) is 14.1. The van der Waals surface area contributed by atoms with Crippen molar-refractivity contribution in [2.45, 2.75) is 11.8 Å². The number of hydrogen-bond donors (Lipinski definition) is 0. The molecule has 0 amide bonds. The van der Waals surface area contributed by atoms with Crippen molar-refractivity contribution in [3.05, 3.63) is 53.6 Å². The molecule has 0 aliphatic carbocycles. The zero-order chi connectivity index (χ0) is 12.6. The van der Waals surface area contributed by atoms with Gasteiger partial charge in [0.05, 0.1) is 13.6 Å². The molecule has 2 rings (SSSR count). The summed E-state index contributed by atoms with van der Waals surface area (Å²) in [6, 6.07) is 8.38. The van der Waals surface area contributed by atoms with Gasteiger partial charge in [0.2, 0.25) is 0 Å². The van der Waals surface area contributed by atoms with E-state index in [0.29, 0.717) is 0 Å². The number of thiophene rings is 1. The van der Waals surface area contributed by atoms with E-state index < -0.39 is 0 Å². The maximum atomic E-state index is 6.06. The Morgan fingerprint density at radius 3 is 2.41 bits per heavy atom. The number of aryl methyl sites for hydroxylation is 1. The SMILES string of the molecule is Cc1cc(Br)cc(C(Br)c2cc(Cl)c(Br)s2)c1. The summed E-state index contributed by atoms with van der Waals surface area (Å²) in [6.45, 7) is 2.09. The summed E-state index contributed by atoms with van der Waals surface area (Å²) < 4.78 is 2.07. The molecule has 0 radical (unpaired) electrons. The van der Waals surface area contributed by atoms with Crippen molar-refractivity contribution in [3.63, 3.8) is 0 Å². The molecular formula is C12H8Br3ClS. The van der Waals surface area contributed by atoms with Crippen molar-refractivity contribution in [2.24, 2.45) is 0 Å². The average Bonchev–Trinajstić information content (AvgIpc) is 2.57. The van der Waals surface area contributed by atoms with Crippen molar-refractivity contribution in [3.8, 4) is 0 Å². The summed E-state index contributed by atoms with van der Waals surface area (Å²) in [6.07, 6.45) is 0. The van der Waals surface area contributed by atoms with Crippen LogP contribution >= 0.6 is 70.7 Å². The van der Waals surface area contributed by atoms with Crippen LogP contribution in [-0.2, 0) is 0 Å². The summed E-state index contributed by atoms with van der Waals surface area (Å²) in [5, 5.41) is 0.765. The number of alkyl halides is 1. The number of halogens is 4. The third kappa shape index (κ3) is 3.35. The molecule has 1 aromatic carbocycles. The smallest absolute Gasteiger partial charge is 0.0887 e. The highest BCUT2D eigenvalue weighted by Crippen LogP contribution is 2.41. The lowest BCUT2D eigenvalue weighted by Gasteiger charge is -2.09. The zero-order valence-corrected chi connectivity index (χ0v) is 15.1. The van der Waals surface area contributed by atoms with Gasteiger partial charge in [-0.25, -0.2) is 0 Å². The standard InChI is InChI=1S/C12H8Br3ClS/c1-6-2-7(4-8(13)3-6)11(14)10-5-9(16)12(15)17-10/h2-5,11H,1H3. The Bertz CT molecular complexity index is 511. The van der Waals surface area contributed by atoms with E-state index in [1.807, 2.05) is 6.07 Å². The van der Waals surface area contributed by atoms with Crippen LogP contribution in [0.1, 0.15) is 20.8 Å². The quantitative estimate of drug-likeness (QED) is 0.438. The molecule has 0 nitrogen and oxygen atoms in total. The first-order chi connectivity index (χ1) is 7.97. The fourth-order valence-corrected chi connectivity index (χ4v) is 4.62. The van der Waals surface area contributed by atoms with Crippen LogP contribution < -0.4 is 0 Å². The predicted molar refractivity (Wildman–Crippen MR) is 86.7 cm³/mol. The third-order valence-corrected chi connectivity index (χ3v) is 6.59. The molecular weight excluding hydrogens is 451 g/mol. The normalized spacial score (nSPS) is 12.8. The van der Waals surface area contributed by atoms with Crippen LogP contribution in [-0.4, -0.2) is 0 Å². The van der Waals surface area contributed by atoms with E-state index in [1.54, 1.807) is 11.3 Å². The maximum Gasteiger partial charge on any atom is 0.0887 e. The Morgan fingerprint density at radius 2 is 1.88 bits per heavy atom. The van der Waals surface area contributed by atoms with Crippen LogP contribution in [0.5, 0.6) is 0 Å². The van der Waals surface area contributed by atoms with E-state index in [0.717, 1.165) is 13.3 Å². The minimum Gasteiger partial charge on any atom is -0.130 e. The van der Waals surface area contributed by atoms with E-state index >= 15 is 0 Å². The third-order valence-electron chi connectivity index (χ3n) is 2.27. The zero-order valence-electron chi connectivity index (χ0n) is 8.81. The van der Waals surface area contributed by atoms with Gasteiger partial charge in [-0.3, -0.25) is 0 Å². The van der Waals surface area contributed by atoms with E-state index in [9.17, 15) is 0 Å². The molecule has 2 aromatic rings. The summed E-state index contributed by atoms with van der Waals surface area (Å²) in [4.78, 5) is 1.37. The second-order valence-corrected chi connectivity index (χ2v) is 8.34. The molecule has 0 aliphatic heterocycles. The van der Waals surface area contributed by atoms with Gasteiger partial charge in [0.15, 0.2) is 0 Å². The Labute approximate surface area is 135 Å². The van der Waals surface area contributed by atoms with E-state index in [-0.39, 0.29) is 4.83 Å². The second kappa shape index (κ2) is 5.74. The van der Waals surface area contributed by atoms with Crippen molar-refractivity contribution in [1.29, 1.82) is 0 Å². The molecule has 90 valence electrons. The first-order valence-electron chi connectivity index (χ1n) is 4.83. The summed E-state index contributed by atoms with van der Waals surface area (Å²) >= 11 is 18.4. The molecule has 1 atom stereocenters.